The molecule has 0 bridgehead atoms. The summed E-state index contributed by atoms with van der Waals surface area (Å²) in [7, 11) is 0. The fourth-order valence-corrected chi connectivity index (χ4v) is 3.39. The maximum Gasteiger partial charge on any atom is 0.337 e. The molecule has 1 aromatic carbocycles. The number of aryl methyl sites for hydroxylation is 1. The van der Waals surface area contributed by atoms with Crippen molar-refractivity contribution in [2.24, 2.45) is 5.92 Å². The number of amides is 2. The molecule has 3 N–H and O–H groups in total. The zero-order chi connectivity index (χ0) is 20.1. The second-order valence-corrected chi connectivity index (χ2v) is 6.99. The van der Waals surface area contributed by atoms with E-state index in [1.165, 1.54) is 18.6 Å². The van der Waals surface area contributed by atoms with Crippen LogP contribution in [0.15, 0.2) is 36.4 Å². The summed E-state index contributed by atoms with van der Waals surface area (Å²) < 4.78 is 0. The molecular weight excluding hydrogens is 358 g/mol. The van der Waals surface area contributed by atoms with Crippen LogP contribution in [0.1, 0.15) is 58.6 Å². The van der Waals surface area contributed by atoms with Crippen LogP contribution in [0.5, 0.6) is 0 Å². The predicted molar refractivity (Wildman–Crippen MR) is 106 cm³/mol. The topological polar surface area (TPSA) is 108 Å². The standard InChI is InChI=1S/C21H23N3O4/c1-13-17(21(27)28)10-11-18(22-13)20(26)24-16-9-5-8-15(12-16)23-19(25)14-6-3-2-4-7-14/h5,8-12,14H,2-4,6-7H2,1H3,(H,23,25)(H,24,26)(H,27,28). The molecule has 1 fully saturated rings. The van der Waals surface area contributed by atoms with Crippen LogP contribution in [0.3, 0.4) is 0 Å². The zero-order valence-electron chi connectivity index (χ0n) is 15.7. The smallest absolute Gasteiger partial charge is 0.337 e. The van der Waals surface area contributed by atoms with Gasteiger partial charge in [-0.1, -0.05) is 25.3 Å². The molecule has 0 radical (unpaired) electrons. The molecule has 0 aliphatic heterocycles. The van der Waals surface area contributed by atoms with E-state index in [0.29, 0.717) is 11.4 Å². The Bertz CT molecular complexity index is 904. The number of anilines is 2. The Morgan fingerprint density at radius 2 is 1.68 bits per heavy atom. The Morgan fingerprint density at radius 3 is 2.32 bits per heavy atom. The van der Waals surface area contributed by atoms with Crippen LogP contribution < -0.4 is 10.6 Å². The third-order valence-corrected chi connectivity index (χ3v) is 4.91. The van der Waals surface area contributed by atoms with Gasteiger partial charge in [0, 0.05) is 17.3 Å². The molecule has 1 aliphatic rings. The van der Waals surface area contributed by atoms with E-state index in [1.807, 2.05) is 0 Å². The molecule has 0 unspecified atom stereocenters. The quantitative estimate of drug-likeness (QED) is 0.729. The highest BCUT2D eigenvalue weighted by Crippen LogP contribution is 2.25. The van der Waals surface area contributed by atoms with E-state index in [0.717, 1.165) is 25.7 Å². The monoisotopic (exact) mass is 381 g/mol. The molecular formula is C21H23N3O4. The Kier molecular flexibility index (Phi) is 6.03. The fraction of sp³-hybridized carbons (Fsp3) is 0.333. The Hall–Kier alpha value is -3.22. The summed E-state index contributed by atoms with van der Waals surface area (Å²) >= 11 is 0. The molecule has 2 aromatic rings. The molecule has 3 rings (SSSR count). The highest BCUT2D eigenvalue weighted by Gasteiger charge is 2.21. The van der Waals surface area contributed by atoms with Crippen LogP contribution in [-0.2, 0) is 4.79 Å². The summed E-state index contributed by atoms with van der Waals surface area (Å²) in [5, 5.41) is 14.7. The predicted octanol–water partition coefficient (Wildman–Crippen LogP) is 3.86. The first kappa shape index (κ1) is 19.5. The van der Waals surface area contributed by atoms with E-state index in [9.17, 15) is 14.4 Å². The van der Waals surface area contributed by atoms with Crippen molar-refractivity contribution in [2.45, 2.75) is 39.0 Å². The van der Waals surface area contributed by atoms with Gasteiger partial charge in [-0.25, -0.2) is 9.78 Å². The van der Waals surface area contributed by atoms with Crippen molar-refractivity contribution < 1.29 is 19.5 Å². The van der Waals surface area contributed by atoms with Gasteiger partial charge in [0.25, 0.3) is 5.91 Å². The molecule has 7 heteroatoms. The van der Waals surface area contributed by atoms with Gasteiger partial charge >= 0.3 is 5.97 Å². The number of nitrogens with one attached hydrogen (secondary N) is 2. The summed E-state index contributed by atoms with van der Waals surface area (Å²) in [5.41, 5.74) is 1.60. The first-order valence-electron chi connectivity index (χ1n) is 9.37. The number of rotatable bonds is 5. The van der Waals surface area contributed by atoms with Gasteiger partial charge in [0.2, 0.25) is 5.91 Å². The summed E-state index contributed by atoms with van der Waals surface area (Å²) in [4.78, 5) is 39.9. The van der Waals surface area contributed by atoms with Gasteiger partial charge in [-0.2, -0.15) is 0 Å². The van der Waals surface area contributed by atoms with Gasteiger partial charge in [0.15, 0.2) is 0 Å². The Labute approximate surface area is 163 Å². The van der Waals surface area contributed by atoms with Crippen LogP contribution in [0.25, 0.3) is 0 Å². The van der Waals surface area contributed by atoms with Crippen LogP contribution >= 0.6 is 0 Å². The van der Waals surface area contributed by atoms with E-state index < -0.39 is 11.9 Å². The summed E-state index contributed by atoms with van der Waals surface area (Å²) in [6.45, 7) is 1.54. The molecule has 0 spiro atoms. The van der Waals surface area contributed by atoms with Crippen LogP contribution in [0.2, 0.25) is 0 Å². The number of hydrogen-bond acceptors (Lipinski definition) is 4. The molecule has 28 heavy (non-hydrogen) atoms. The number of carboxylic acid groups (broad SMARTS) is 1. The van der Waals surface area contributed by atoms with Gasteiger partial charge in [-0.15, -0.1) is 0 Å². The molecule has 0 saturated heterocycles. The normalized spacial score (nSPS) is 14.3. The lowest BCUT2D eigenvalue weighted by atomic mass is 9.88. The molecule has 146 valence electrons. The maximum absolute atomic E-state index is 12.4. The zero-order valence-corrected chi connectivity index (χ0v) is 15.7. The van der Waals surface area contributed by atoms with Crippen LogP contribution in [0, 0.1) is 12.8 Å². The molecule has 7 nitrogen and oxygen atoms in total. The summed E-state index contributed by atoms with van der Waals surface area (Å²) in [6, 6.07) is 9.67. The summed E-state index contributed by atoms with van der Waals surface area (Å²) in [5.74, 6) is -1.47. The van der Waals surface area contributed by atoms with E-state index in [2.05, 4.69) is 15.6 Å². The second kappa shape index (κ2) is 8.65. The van der Waals surface area contributed by atoms with E-state index in [-0.39, 0.29) is 28.8 Å². The van der Waals surface area contributed by atoms with Gasteiger partial charge in [-0.3, -0.25) is 9.59 Å². The van der Waals surface area contributed by atoms with Crippen molar-refractivity contribution in [3.05, 3.63) is 53.3 Å². The minimum absolute atomic E-state index is 0.0183. The first-order valence-corrected chi connectivity index (χ1v) is 9.37. The average molecular weight is 381 g/mol. The number of hydrogen-bond donors (Lipinski definition) is 3. The lowest BCUT2D eigenvalue weighted by molar-refractivity contribution is -0.120. The van der Waals surface area contributed by atoms with Gasteiger partial charge < -0.3 is 15.7 Å². The van der Waals surface area contributed by atoms with Gasteiger partial charge in [-0.05, 0) is 50.1 Å². The number of carbonyl (C=O) groups is 3. The fourth-order valence-electron chi connectivity index (χ4n) is 3.39. The van der Waals surface area contributed by atoms with E-state index in [4.69, 9.17) is 5.11 Å². The second-order valence-electron chi connectivity index (χ2n) is 6.99. The lowest BCUT2D eigenvalue weighted by Gasteiger charge is -2.20. The van der Waals surface area contributed by atoms with Crippen LogP contribution in [0.4, 0.5) is 11.4 Å². The van der Waals surface area contributed by atoms with Crippen molar-refractivity contribution in [1.29, 1.82) is 0 Å². The van der Waals surface area contributed by atoms with Crippen molar-refractivity contribution >= 4 is 29.2 Å². The lowest BCUT2D eigenvalue weighted by Crippen LogP contribution is -2.24. The molecule has 1 heterocycles. The van der Waals surface area contributed by atoms with Crippen molar-refractivity contribution in [3.8, 4) is 0 Å². The molecule has 1 saturated carbocycles. The number of carbonyl (C=O) groups excluding carboxylic acids is 2. The number of carboxylic acids is 1. The maximum atomic E-state index is 12.4. The molecule has 1 aromatic heterocycles. The third kappa shape index (κ3) is 4.73. The largest absolute Gasteiger partial charge is 0.478 e. The molecule has 2 amide bonds. The third-order valence-electron chi connectivity index (χ3n) is 4.91. The number of pyridine rings is 1. The van der Waals surface area contributed by atoms with Crippen molar-refractivity contribution in [3.63, 3.8) is 0 Å². The first-order chi connectivity index (χ1) is 13.4. The number of aromatic carboxylic acids is 1. The molecule has 1 aliphatic carbocycles. The number of aromatic nitrogens is 1. The van der Waals surface area contributed by atoms with Gasteiger partial charge in [0.05, 0.1) is 11.3 Å². The number of nitrogens with zero attached hydrogens (tertiary/aromatic N) is 1. The Morgan fingerprint density at radius 1 is 1.00 bits per heavy atom. The SMILES string of the molecule is Cc1nc(C(=O)Nc2cccc(NC(=O)C3CCCCC3)c2)ccc1C(=O)O. The summed E-state index contributed by atoms with van der Waals surface area (Å²) in [6.07, 6.45) is 5.19. The van der Waals surface area contributed by atoms with Crippen LogP contribution in [-0.4, -0.2) is 27.9 Å². The van der Waals surface area contributed by atoms with E-state index in [1.54, 1.807) is 31.2 Å². The average Bonchev–Trinajstić information content (AvgIpc) is 2.68. The number of benzene rings is 1. The minimum Gasteiger partial charge on any atom is -0.478 e. The van der Waals surface area contributed by atoms with Crippen molar-refractivity contribution in [2.75, 3.05) is 10.6 Å². The van der Waals surface area contributed by atoms with E-state index >= 15 is 0 Å². The van der Waals surface area contributed by atoms with Gasteiger partial charge in [0.1, 0.15) is 5.69 Å². The highest BCUT2D eigenvalue weighted by atomic mass is 16.4. The van der Waals surface area contributed by atoms with Crippen molar-refractivity contribution in [1.82, 2.24) is 4.98 Å². The molecule has 0 atom stereocenters. The Balaban J connectivity index is 1.67. The minimum atomic E-state index is -1.08. The highest BCUT2D eigenvalue weighted by molar-refractivity contribution is 6.04.